The standard InChI is InChI=1S/C21H21N3O/c1-3-14-10-22-12-19(13(14)2)17-7-6-16-9-20(23-11-18(16)8-17)24-21(25)15-4-5-15/h6-12,15H,3-5H2,1-2H3,(H,23,24,25). The number of anilines is 1. The summed E-state index contributed by atoms with van der Waals surface area (Å²) in [6.45, 7) is 4.30. The van der Waals surface area contributed by atoms with Crippen molar-refractivity contribution in [2.24, 2.45) is 5.92 Å². The molecule has 0 aliphatic heterocycles. The first-order chi connectivity index (χ1) is 12.2. The van der Waals surface area contributed by atoms with E-state index in [1.165, 1.54) is 11.1 Å². The van der Waals surface area contributed by atoms with Crippen molar-refractivity contribution in [3.63, 3.8) is 0 Å². The van der Waals surface area contributed by atoms with Crippen LogP contribution in [0.1, 0.15) is 30.9 Å². The third-order valence-corrected chi connectivity index (χ3v) is 4.93. The maximum atomic E-state index is 11.9. The third-order valence-electron chi connectivity index (χ3n) is 4.93. The SMILES string of the molecule is CCc1cncc(-c2ccc3cc(NC(=O)C4CC4)ncc3c2)c1C. The fourth-order valence-corrected chi connectivity index (χ4v) is 3.17. The molecule has 0 bridgehead atoms. The maximum absolute atomic E-state index is 11.9. The first-order valence-electron chi connectivity index (χ1n) is 8.80. The lowest BCUT2D eigenvalue weighted by atomic mass is 9.97. The van der Waals surface area contributed by atoms with Crippen LogP contribution in [0, 0.1) is 12.8 Å². The summed E-state index contributed by atoms with van der Waals surface area (Å²) in [6.07, 6.45) is 8.66. The molecule has 0 radical (unpaired) electrons. The van der Waals surface area contributed by atoms with Crippen molar-refractivity contribution in [2.45, 2.75) is 33.1 Å². The molecule has 3 aromatic rings. The van der Waals surface area contributed by atoms with Crippen molar-refractivity contribution in [3.05, 3.63) is 54.0 Å². The van der Waals surface area contributed by atoms with Crippen LogP contribution in [0.15, 0.2) is 42.9 Å². The van der Waals surface area contributed by atoms with Crippen molar-refractivity contribution in [3.8, 4) is 11.1 Å². The van der Waals surface area contributed by atoms with E-state index >= 15 is 0 Å². The summed E-state index contributed by atoms with van der Waals surface area (Å²) >= 11 is 0. The highest BCUT2D eigenvalue weighted by Crippen LogP contribution is 2.31. The van der Waals surface area contributed by atoms with Crippen LogP contribution in [0.4, 0.5) is 5.82 Å². The number of fused-ring (bicyclic) bond motifs is 1. The molecule has 1 amide bonds. The number of nitrogens with one attached hydrogen (secondary N) is 1. The van der Waals surface area contributed by atoms with Gasteiger partial charge in [0.2, 0.25) is 5.91 Å². The molecule has 1 N–H and O–H groups in total. The van der Waals surface area contributed by atoms with E-state index in [4.69, 9.17) is 0 Å². The Balaban J connectivity index is 1.68. The third kappa shape index (κ3) is 3.12. The van der Waals surface area contributed by atoms with Crippen molar-refractivity contribution in [1.82, 2.24) is 9.97 Å². The predicted molar refractivity (Wildman–Crippen MR) is 100 cm³/mol. The average molecular weight is 331 g/mol. The van der Waals surface area contributed by atoms with Crippen LogP contribution in [-0.2, 0) is 11.2 Å². The molecule has 4 heteroatoms. The molecule has 4 rings (SSSR count). The largest absolute Gasteiger partial charge is 0.310 e. The molecule has 25 heavy (non-hydrogen) atoms. The number of hydrogen-bond donors (Lipinski definition) is 1. The number of pyridine rings is 2. The predicted octanol–water partition coefficient (Wildman–Crippen LogP) is 4.52. The molecular weight excluding hydrogens is 310 g/mol. The second-order valence-electron chi connectivity index (χ2n) is 6.72. The van der Waals surface area contributed by atoms with Gasteiger partial charge in [0.1, 0.15) is 5.82 Å². The van der Waals surface area contributed by atoms with E-state index in [1.54, 1.807) is 0 Å². The van der Waals surface area contributed by atoms with Crippen molar-refractivity contribution in [2.75, 3.05) is 5.32 Å². The molecule has 2 heterocycles. The second-order valence-corrected chi connectivity index (χ2v) is 6.72. The molecule has 1 aliphatic rings. The van der Waals surface area contributed by atoms with Gasteiger partial charge in [0.05, 0.1) is 0 Å². The summed E-state index contributed by atoms with van der Waals surface area (Å²) in [5.74, 6) is 0.894. The van der Waals surface area contributed by atoms with Crippen LogP contribution in [0.5, 0.6) is 0 Å². The lowest BCUT2D eigenvalue weighted by molar-refractivity contribution is -0.117. The highest BCUT2D eigenvalue weighted by Gasteiger charge is 2.29. The van der Waals surface area contributed by atoms with Gasteiger partial charge in [-0.2, -0.15) is 0 Å². The Hall–Kier alpha value is -2.75. The Labute approximate surface area is 147 Å². The zero-order chi connectivity index (χ0) is 17.4. The Bertz CT molecular complexity index is 961. The summed E-state index contributed by atoms with van der Waals surface area (Å²) in [6, 6.07) is 8.26. The molecule has 1 aromatic carbocycles. The minimum Gasteiger partial charge on any atom is -0.310 e. The molecular formula is C21H21N3O. The van der Waals surface area contributed by atoms with E-state index in [-0.39, 0.29) is 11.8 Å². The van der Waals surface area contributed by atoms with Gasteiger partial charge in [-0.15, -0.1) is 0 Å². The smallest absolute Gasteiger partial charge is 0.228 e. The second kappa shape index (κ2) is 6.28. The van der Waals surface area contributed by atoms with Gasteiger partial charge < -0.3 is 5.32 Å². The fraction of sp³-hybridized carbons (Fsp3) is 0.286. The Morgan fingerprint density at radius 3 is 2.76 bits per heavy atom. The highest BCUT2D eigenvalue weighted by molar-refractivity contribution is 5.96. The van der Waals surface area contributed by atoms with E-state index in [1.807, 2.05) is 24.7 Å². The minimum absolute atomic E-state index is 0.0848. The summed E-state index contributed by atoms with van der Waals surface area (Å²) < 4.78 is 0. The number of benzene rings is 1. The Kier molecular flexibility index (Phi) is 3.96. The van der Waals surface area contributed by atoms with Crippen molar-refractivity contribution >= 4 is 22.5 Å². The monoisotopic (exact) mass is 331 g/mol. The van der Waals surface area contributed by atoms with E-state index in [2.05, 4.69) is 47.3 Å². The summed E-state index contributed by atoms with van der Waals surface area (Å²) in [7, 11) is 0. The fourth-order valence-electron chi connectivity index (χ4n) is 3.17. The maximum Gasteiger partial charge on any atom is 0.228 e. The van der Waals surface area contributed by atoms with Crippen molar-refractivity contribution < 1.29 is 4.79 Å². The number of carbonyl (C=O) groups is 1. The van der Waals surface area contributed by atoms with E-state index < -0.39 is 0 Å². The number of rotatable bonds is 4. The quantitative estimate of drug-likeness (QED) is 0.765. The number of nitrogens with zero attached hydrogens (tertiary/aromatic N) is 2. The highest BCUT2D eigenvalue weighted by atomic mass is 16.2. The zero-order valence-electron chi connectivity index (χ0n) is 14.5. The van der Waals surface area contributed by atoms with E-state index in [0.29, 0.717) is 5.82 Å². The van der Waals surface area contributed by atoms with E-state index in [0.717, 1.165) is 41.2 Å². The molecule has 1 aliphatic carbocycles. The molecule has 0 atom stereocenters. The first-order valence-corrected chi connectivity index (χ1v) is 8.80. The molecule has 4 nitrogen and oxygen atoms in total. The van der Waals surface area contributed by atoms with Gasteiger partial charge in [0.25, 0.3) is 0 Å². The average Bonchev–Trinajstić information content (AvgIpc) is 3.47. The first kappa shape index (κ1) is 15.8. The Morgan fingerprint density at radius 1 is 1.16 bits per heavy atom. The van der Waals surface area contributed by atoms with E-state index in [9.17, 15) is 4.79 Å². The van der Waals surface area contributed by atoms with Crippen LogP contribution in [-0.4, -0.2) is 15.9 Å². The molecule has 0 spiro atoms. The molecule has 2 aromatic heterocycles. The van der Waals surface area contributed by atoms with Crippen LogP contribution >= 0.6 is 0 Å². The lowest BCUT2D eigenvalue weighted by Gasteiger charge is -2.11. The number of hydrogen-bond acceptors (Lipinski definition) is 3. The topological polar surface area (TPSA) is 54.9 Å². The minimum atomic E-state index is 0.0848. The molecule has 126 valence electrons. The van der Waals surface area contributed by atoms with Gasteiger partial charge in [0, 0.05) is 35.5 Å². The summed E-state index contributed by atoms with van der Waals surface area (Å²) in [5.41, 5.74) is 4.85. The normalized spacial score (nSPS) is 13.8. The number of aromatic nitrogens is 2. The van der Waals surface area contributed by atoms with Crippen LogP contribution in [0.25, 0.3) is 21.9 Å². The van der Waals surface area contributed by atoms with Gasteiger partial charge in [-0.1, -0.05) is 19.1 Å². The molecule has 1 fully saturated rings. The van der Waals surface area contributed by atoms with Crippen LogP contribution in [0.2, 0.25) is 0 Å². The number of amides is 1. The molecule has 0 saturated heterocycles. The van der Waals surface area contributed by atoms with Crippen molar-refractivity contribution in [1.29, 1.82) is 0 Å². The summed E-state index contributed by atoms with van der Waals surface area (Å²) in [4.78, 5) is 20.7. The van der Waals surface area contributed by atoms with Gasteiger partial charge >= 0.3 is 0 Å². The van der Waals surface area contributed by atoms with Crippen LogP contribution < -0.4 is 5.32 Å². The molecule has 0 unspecified atom stereocenters. The molecule has 1 saturated carbocycles. The van der Waals surface area contributed by atoms with Gasteiger partial charge in [-0.3, -0.25) is 9.78 Å². The number of aryl methyl sites for hydroxylation is 1. The zero-order valence-corrected chi connectivity index (χ0v) is 14.5. The van der Waals surface area contributed by atoms with Gasteiger partial charge in [-0.05, 0) is 60.4 Å². The number of carbonyl (C=O) groups excluding carboxylic acids is 1. The van der Waals surface area contributed by atoms with Crippen LogP contribution in [0.3, 0.4) is 0 Å². The Morgan fingerprint density at radius 2 is 2.00 bits per heavy atom. The lowest BCUT2D eigenvalue weighted by Crippen LogP contribution is -2.14. The van der Waals surface area contributed by atoms with Gasteiger partial charge in [-0.25, -0.2) is 4.98 Å². The summed E-state index contributed by atoms with van der Waals surface area (Å²) in [5, 5.41) is 5.04. The van der Waals surface area contributed by atoms with Gasteiger partial charge in [0.15, 0.2) is 0 Å².